The first-order chi connectivity index (χ1) is 22.2. The molecule has 3 aliphatic heterocycles. The Morgan fingerprint density at radius 2 is 1.71 bits per heavy atom. The van der Waals surface area contributed by atoms with Crippen molar-refractivity contribution in [2.24, 2.45) is 0 Å². The van der Waals surface area contributed by atoms with E-state index in [1.54, 1.807) is 0 Å². The molecular formula is C40H34N4O. The van der Waals surface area contributed by atoms with Gasteiger partial charge in [0.15, 0.2) is 5.82 Å². The fraction of sp³-hybridized carbons (Fsp3) is 0.200. The van der Waals surface area contributed by atoms with Crippen molar-refractivity contribution in [1.29, 1.82) is 0 Å². The van der Waals surface area contributed by atoms with Gasteiger partial charge in [0.05, 0.1) is 29.7 Å². The second-order valence-electron chi connectivity index (χ2n) is 12.6. The van der Waals surface area contributed by atoms with Crippen molar-refractivity contribution in [1.82, 2.24) is 15.3 Å². The molecule has 0 bridgehead atoms. The number of hydrogen-bond donors (Lipinski definition) is 1. The van der Waals surface area contributed by atoms with Crippen LogP contribution in [0, 0.1) is 0 Å². The van der Waals surface area contributed by atoms with E-state index in [1.807, 2.05) is 0 Å². The smallest absolute Gasteiger partial charge is 0.176 e. The maximum absolute atomic E-state index is 6.84. The molecule has 2 aliphatic carbocycles. The first-order valence-electron chi connectivity index (χ1n) is 16.0. The van der Waals surface area contributed by atoms with Crippen LogP contribution in [-0.2, 0) is 11.8 Å². The highest BCUT2D eigenvalue weighted by molar-refractivity contribution is 5.79. The van der Waals surface area contributed by atoms with Crippen LogP contribution in [0.15, 0.2) is 126 Å². The molecule has 2 unspecified atom stereocenters. The minimum absolute atomic E-state index is 0.0291. The monoisotopic (exact) mass is 586 g/mol. The molecule has 1 N–H and O–H groups in total. The van der Waals surface area contributed by atoms with Gasteiger partial charge in [-0.25, -0.2) is 9.97 Å². The van der Waals surface area contributed by atoms with Gasteiger partial charge in [0.1, 0.15) is 11.5 Å². The van der Waals surface area contributed by atoms with Crippen LogP contribution < -0.4 is 15.0 Å². The van der Waals surface area contributed by atoms with Crippen molar-refractivity contribution in [3.8, 4) is 17.0 Å². The quantitative estimate of drug-likeness (QED) is 0.261. The van der Waals surface area contributed by atoms with Crippen LogP contribution in [0.4, 0.5) is 5.69 Å². The molecule has 4 aromatic rings. The highest BCUT2D eigenvalue weighted by Crippen LogP contribution is 2.61. The molecule has 0 spiro atoms. The first kappa shape index (κ1) is 26.3. The van der Waals surface area contributed by atoms with Gasteiger partial charge in [-0.2, -0.15) is 0 Å². The van der Waals surface area contributed by atoms with E-state index in [0.29, 0.717) is 6.54 Å². The van der Waals surface area contributed by atoms with E-state index in [0.717, 1.165) is 71.2 Å². The second-order valence-corrected chi connectivity index (χ2v) is 12.6. The minimum Gasteiger partial charge on any atom is -0.459 e. The third kappa shape index (κ3) is 4.00. The molecule has 0 amide bonds. The van der Waals surface area contributed by atoms with Crippen LogP contribution in [0.5, 0.6) is 5.75 Å². The normalized spacial score (nSPS) is 22.5. The Kier molecular flexibility index (Phi) is 5.95. The van der Waals surface area contributed by atoms with Crippen LogP contribution in [0.2, 0.25) is 0 Å². The average molecular weight is 587 g/mol. The summed E-state index contributed by atoms with van der Waals surface area (Å²) in [5, 5.41) is 3.68. The molecule has 5 heteroatoms. The van der Waals surface area contributed by atoms with E-state index < -0.39 is 0 Å². The summed E-state index contributed by atoms with van der Waals surface area (Å²) in [5.74, 6) is 2.61. The summed E-state index contributed by atoms with van der Waals surface area (Å²) >= 11 is 0. The number of rotatable bonds is 3. The molecule has 0 saturated heterocycles. The van der Waals surface area contributed by atoms with E-state index in [4.69, 9.17) is 14.7 Å². The summed E-state index contributed by atoms with van der Waals surface area (Å²) in [7, 11) is 0. The van der Waals surface area contributed by atoms with Crippen molar-refractivity contribution in [2.45, 2.75) is 44.1 Å². The topological polar surface area (TPSA) is 50.3 Å². The lowest BCUT2D eigenvalue weighted by molar-refractivity contribution is 0.400. The zero-order chi connectivity index (χ0) is 30.0. The van der Waals surface area contributed by atoms with Gasteiger partial charge in [0, 0.05) is 39.1 Å². The minimum atomic E-state index is -0.382. The molecule has 3 aromatic carbocycles. The number of para-hydroxylation sites is 2. The van der Waals surface area contributed by atoms with E-state index in [-0.39, 0.29) is 11.5 Å². The van der Waals surface area contributed by atoms with Crippen LogP contribution in [0.25, 0.3) is 23.0 Å². The highest BCUT2D eigenvalue weighted by atomic mass is 16.5. The number of allylic oxidation sites excluding steroid dienone is 6. The zero-order valence-electron chi connectivity index (χ0n) is 25.3. The predicted molar refractivity (Wildman–Crippen MR) is 180 cm³/mol. The van der Waals surface area contributed by atoms with Crippen LogP contribution in [0.1, 0.15) is 60.4 Å². The molecule has 4 heterocycles. The number of nitrogens with one attached hydrogen (secondary N) is 1. The van der Waals surface area contributed by atoms with Crippen LogP contribution in [-0.4, -0.2) is 16.5 Å². The van der Waals surface area contributed by atoms with Gasteiger partial charge < -0.3 is 15.0 Å². The number of aromatic nitrogens is 2. The van der Waals surface area contributed by atoms with Gasteiger partial charge in [0.2, 0.25) is 0 Å². The van der Waals surface area contributed by atoms with Crippen molar-refractivity contribution in [2.75, 3.05) is 11.4 Å². The standard InChI is InChI=1S/C40H34N4O/c1-40-30-20-10-12-22-34(30)44(27-16-6-3-7-17-27)38(40)29-19-9-13-23-35(29)45-36-25-41-33(24-31(36)40)39-42-32-21-11-8-18-28(32)37(43-39)26-14-4-2-5-15-26/h2-6,8-10,12-16,18-20,22-24,38,41H,7,11,17,21,25H2,1H3. The summed E-state index contributed by atoms with van der Waals surface area (Å²) < 4.78 is 6.84. The number of aryl methyl sites for hydroxylation is 1. The predicted octanol–water partition coefficient (Wildman–Crippen LogP) is 8.45. The largest absolute Gasteiger partial charge is 0.459 e. The van der Waals surface area contributed by atoms with Crippen LogP contribution >= 0.6 is 0 Å². The number of benzene rings is 3. The molecule has 1 aromatic heterocycles. The number of nitrogens with zero attached hydrogens (tertiary/aromatic N) is 3. The molecule has 45 heavy (non-hydrogen) atoms. The number of anilines is 1. The maximum Gasteiger partial charge on any atom is 0.176 e. The summed E-state index contributed by atoms with van der Waals surface area (Å²) in [6, 6.07) is 28.0. The Labute approximate surface area is 264 Å². The summed E-state index contributed by atoms with van der Waals surface area (Å²) in [6.45, 7) is 2.97. The van der Waals surface area contributed by atoms with Gasteiger partial charge in [-0.3, -0.25) is 0 Å². The Bertz CT molecular complexity index is 2020. The second kappa shape index (κ2) is 10.2. The summed E-state index contributed by atoms with van der Waals surface area (Å²) in [4.78, 5) is 13.0. The molecule has 5 aliphatic rings. The number of ether oxygens (including phenoxy) is 1. The fourth-order valence-electron chi connectivity index (χ4n) is 7.91. The van der Waals surface area contributed by atoms with Gasteiger partial charge in [-0.1, -0.05) is 91.0 Å². The van der Waals surface area contributed by atoms with Gasteiger partial charge in [-0.05, 0) is 62.5 Å². The maximum atomic E-state index is 6.84. The summed E-state index contributed by atoms with van der Waals surface area (Å²) in [6.07, 6.45) is 17.4. The molecule has 5 nitrogen and oxygen atoms in total. The molecule has 2 atom stereocenters. The van der Waals surface area contributed by atoms with E-state index in [1.165, 1.54) is 28.1 Å². The van der Waals surface area contributed by atoms with Crippen molar-refractivity contribution < 1.29 is 4.74 Å². The Morgan fingerprint density at radius 1 is 0.889 bits per heavy atom. The number of fused-ring (bicyclic) bond motifs is 7. The lowest BCUT2D eigenvalue weighted by Gasteiger charge is -2.39. The SMILES string of the molecule is CC12C3=C(CNC(c4nc5c(c(-c6ccccc6)n4)C=CCC5)=C3)Oc3ccccc3C1N(C1=CC=CCC1)c1ccccc12. The molecule has 220 valence electrons. The lowest BCUT2D eigenvalue weighted by Crippen LogP contribution is -2.38. The van der Waals surface area contributed by atoms with Gasteiger partial charge in [0.25, 0.3) is 0 Å². The van der Waals surface area contributed by atoms with Crippen molar-refractivity contribution >= 4 is 17.5 Å². The third-order valence-corrected chi connectivity index (χ3v) is 10.0. The van der Waals surface area contributed by atoms with E-state index in [2.05, 4.69) is 132 Å². The summed E-state index contributed by atoms with van der Waals surface area (Å²) in [5.41, 5.74) is 11.2. The fourth-order valence-corrected chi connectivity index (χ4v) is 7.91. The molecular weight excluding hydrogens is 552 g/mol. The molecule has 0 saturated carbocycles. The first-order valence-corrected chi connectivity index (χ1v) is 16.0. The molecule has 0 fully saturated rings. The van der Waals surface area contributed by atoms with E-state index >= 15 is 0 Å². The Hall–Kier alpha value is -5.16. The lowest BCUT2D eigenvalue weighted by atomic mass is 9.69. The van der Waals surface area contributed by atoms with Crippen molar-refractivity contribution in [3.05, 3.63) is 154 Å². The average Bonchev–Trinajstić information content (AvgIpc) is 3.31. The Morgan fingerprint density at radius 3 is 2.60 bits per heavy atom. The number of dihydropyridines is 1. The molecule has 0 radical (unpaired) electrons. The Balaban J connectivity index is 1.26. The van der Waals surface area contributed by atoms with Gasteiger partial charge >= 0.3 is 0 Å². The van der Waals surface area contributed by atoms with E-state index in [9.17, 15) is 0 Å². The highest BCUT2D eigenvalue weighted by Gasteiger charge is 2.54. The van der Waals surface area contributed by atoms with Crippen molar-refractivity contribution in [3.63, 3.8) is 0 Å². The van der Waals surface area contributed by atoms with Crippen LogP contribution in [0.3, 0.4) is 0 Å². The molecule has 9 rings (SSSR count). The number of hydrogen-bond acceptors (Lipinski definition) is 5. The zero-order valence-corrected chi connectivity index (χ0v) is 25.3. The van der Waals surface area contributed by atoms with Gasteiger partial charge in [-0.15, -0.1) is 0 Å². The third-order valence-electron chi connectivity index (χ3n) is 10.0.